The lowest BCUT2D eigenvalue weighted by Crippen LogP contribution is -2.66. The van der Waals surface area contributed by atoms with Gasteiger partial charge in [-0.3, -0.25) is 9.69 Å². The number of hydrogen-bond donors (Lipinski definition) is 1. The van der Waals surface area contributed by atoms with Crippen molar-refractivity contribution in [3.05, 3.63) is 89.8 Å². The second-order valence-corrected chi connectivity index (χ2v) is 8.04. The number of aromatic nitrogens is 1. The second-order valence-electron chi connectivity index (χ2n) is 8.04. The van der Waals surface area contributed by atoms with Gasteiger partial charge in [-0.1, -0.05) is 65.8 Å². The molecule has 5 rings (SSSR count). The number of nitrogens with one attached hydrogen (secondary N) is 1. The summed E-state index contributed by atoms with van der Waals surface area (Å²) < 4.78 is 5.09. The van der Waals surface area contributed by atoms with Gasteiger partial charge >= 0.3 is 0 Å². The maximum absolute atomic E-state index is 12.7. The van der Waals surface area contributed by atoms with Gasteiger partial charge in [0.15, 0.2) is 0 Å². The molecule has 1 aromatic heterocycles. The van der Waals surface area contributed by atoms with Crippen LogP contribution in [0.25, 0.3) is 0 Å². The molecule has 0 radical (unpaired) electrons. The lowest BCUT2D eigenvalue weighted by Gasteiger charge is -2.50. The molecule has 2 aromatic carbocycles. The molecule has 2 fully saturated rings. The van der Waals surface area contributed by atoms with Crippen molar-refractivity contribution in [3.8, 4) is 0 Å². The fourth-order valence-electron chi connectivity index (χ4n) is 4.94. The number of carbonyl (C=O) groups is 1. The van der Waals surface area contributed by atoms with E-state index in [-0.39, 0.29) is 17.9 Å². The van der Waals surface area contributed by atoms with E-state index < -0.39 is 0 Å². The van der Waals surface area contributed by atoms with Crippen LogP contribution in [0.3, 0.4) is 0 Å². The minimum atomic E-state index is -0.0723. The van der Waals surface area contributed by atoms with E-state index in [4.69, 9.17) is 4.52 Å². The molecule has 6 heteroatoms. The van der Waals surface area contributed by atoms with E-state index in [1.165, 1.54) is 17.3 Å². The van der Waals surface area contributed by atoms with Crippen molar-refractivity contribution in [2.75, 3.05) is 32.7 Å². The molecule has 154 valence electrons. The van der Waals surface area contributed by atoms with Gasteiger partial charge in [-0.25, -0.2) is 0 Å². The summed E-state index contributed by atoms with van der Waals surface area (Å²) in [7, 11) is 0. The summed E-state index contributed by atoms with van der Waals surface area (Å²) in [5, 5.41) is 7.31. The van der Waals surface area contributed by atoms with Crippen LogP contribution in [-0.2, 0) is 0 Å². The maximum Gasteiger partial charge on any atom is 0.292 e. The number of fused-ring (bicyclic) bond motifs is 1. The van der Waals surface area contributed by atoms with E-state index in [1.807, 2.05) is 4.90 Å². The minimum absolute atomic E-state index is 0.0723. The van der Waals surface area contributed by atoms with E-state index in [0.29, 0.717) is 24.9 Å². The monoisotopic (exact) mass is 402 g/mol. The molecule has 0 saturated carbocycles. The van der Waals surface area contributed by atoms with Gasteiger partial charge in [-0.05, 0) is 11.1 Å². The molecule has 6 nitrogen and oxygen atoms in total. The molecule has 1 N–H and O–H groups in total. The number of hydrogen-bond acceptors (Lipinski definition) is 5. The Balaban J connectivity index is 1.41. The molecule has 0 spiro atoms. The van der Waals surface area contributed by atoms with Gasteiger partial charge in [-0.15, -0.1) is 0 Å². The molecule has 2 unspecified atom stereocenters. The molecule has 2 aliphatic rings. The third-order valence-corrected chi connectivity index (χ3v) is 6.33. The Hall–Kier alpha value is -2.96. The highest BCUT2D eigenvalue weighted by Gasteiger charge is 2.40. The summed E-state index contributed by atoms with van der Waals surface area (Å²) >= 11 is 0. The van der Waals surface area contributed by atoms with E-state index in [2.05, 4.69) is 76.0 Å². The van der Waals surface area contributed by atoms with Crippen LogP contribution in [-0.4, -0.2) is 65.7 Å². The summed E-state index contributed by atoms with van der Waals surface area (Å²) in [6.07, 6.45) is 1.52. The van der Waals surface area contributed by atoms with Crippen LogP contribution in [0, 0.1) is 0 Å². The van der Waals surface area contributed by atoms with Crippen molar-refractivity contribution in [1.82, 2.24) is 20.3 Å². The Bertz CT molecular complexity index is 922. The SMILES string of the molecule is O=C(c1ccno1)N1CCN2C(CNCC2C(c2ccccc2)c2ccccc2)C1. The predicted molar refractivity (Wildman–Crippen MR) is 114 cm³/mol. The highest BCUT2D eigenvalue weighted by Crippen LogP contribution is 2.34. The van der Waals surface area contributed by atoms with Crippen molar-refractivity contribution in [2.24, 2.45) is 0 Å². The Morgan fingerprint density at radius 1 is 0.967 bits per heavy atom. The molecule has 3 aromatic rings. The Morgan fingerprint density at radius 3 is 2.30 bits per heavy atom. The number of nitrogens with zero attached hydrogens (tertiary/aromatic N) is 3. The molecule has 2 atom stereocenters. The fourth-order valence-corrected chi connectivity index (χ4v) is 4.94. The molecule has 2 saturated heterocycles. The molecule has 3 heterocycles. The Morgan fingerprint density at radius 2 is 1.67 bits per heavy atom. The number of carbonyl (C=O) groups excluding carboxylic acids is 1. The van der Waals surface area contributed by atoms with Gasteiger partial charge in [0.1, 0.15) is 0 Å². The summed E-state index contributed by atoms with van der Waals surface area (Å²) in [5.41, 5.74) is 2.66. The van der Waals surface area contributed by atoms with Crippen LogP contribution in [0.2, 0.25) is 0 Å². The Labute approximate surface area is 176 Å². The first-order valence-electron chi connectivity index (χ1n) is 10.6. The molecule has 0 aliphatic carbocycles. The zero-order chi connectivity index (χ0) is 20.3. The van der Waals surface area contributed by atoms with Gasteiger partial charge in [0.25, 0.3) is 5.91 Å². The summed E-state index contributed by atoms with van der Waals surface area (Å²) in [4.78, 5) is 17.2. The summed E-state index contributed by atoms with van der Waals surface area (Å²) in [6.45, 7) is 4.06. The van der Waals surface area contributed by atoms with E-state index in [9.17, 15) is 4.79 Å². The summed E-state index contributed by atoms with van der Waals surface area (Å²) in [6, 6.07) is 23.8. The predicted octanol–water partition coefficient (Wildman–Crippen LogP) is 2.60. The molecule has 1 amide bonds. The molecule has 0 bridgehead atoms. The van der Waals surface area contributed by atoms with Crippen molar-refractivity contribution in [3.63, 3.8) is 0 Å². The van der Waals surface area contributed by atoms with E-state index in [0.717, 1.165) is 19.6 Å². The quantitative estimate of drug-likeness (QED) is 0.727. The van der Waals surface area contributed by atoms with E-state index in [1.54, 1.807) is 6.07 Å². The number of piperazine rings is 2. The second kappa shape index (κ2) is 8.42. The van der Waals surface area contributed by atoms with Crippen LogP contribution < -0.4 is 5.32 Å². The highest BCUT2D eigenvalue weighted by atomic mass is 16.5. The first kappa shape index (κ1) is 19.0. The molecule has 30 heavy (non-hydrogen) atoms. The van der Waals surface area contributed by atoms with Gasteiger partial charge in [0, 0.05) is 56.8 Å². The van der Waals surface area contributed by atoms with Crippen LogP contribution in [0.1, 0.15) is 27.6 Å². The van der Waals surface area contributed by atoms with Gasteiger partial charge < -0.3 is 14.7 Å². The topological polar surface area (TPSA) is 61.6 Å². The van der Waals surface area contributed by atoms with Crippen LogP contribution in [0.5, 0.6) is 0 Å². The highest BCUT2D eigenvalue weighted by molar-refractivity contribution is 5.91. The third-order valence-electron chi connectivity index (χ3n) is 6.33. The number of amides is 1. The standard InChI is InChI=1S/C24H26N4O2/c29-24(22-11-12-26-30-22)27-13-14-28-20(17-27)15-25-16-21(28)23(18-7-3-1-4-8-18)19-9-5-2-6-10-19/h1-12,20-21,23,25H,13-17H2. The lowest BCUT2D eigenvalue weighted by molar-refractivity contribution is 0.0126. The van der Waals surface area contributed by atoms with Crippen molar-refractivity contribution < 1.29 is 9.32 Å². The average Bonchev–Trinajstić information content (AvgIpc) is 3.35. The van der Waals surface area contributed by atoms with Crippen LogP contribution in [0.15, 0.2) is 77.4 Å². The number of benzene rings is 2. The molecular formula is C24H26N4O2. The van der Waals surface area contributed by atoms with Gasteiger partial charge in [0.05, 0.1) is 6.20 Å². The van der Waals surface area contributed by atoms with Crippen LogP contribution >= 0.6 is 0 Å². The minimum Gasteiger partial charge on any atom is -0.351 e. The fraction of sp³-hybridized carbons (Fsp3) is 0.333. The lowest BCUT2D eigenvalue weighted by atomic mass is 9.82. The zero-order valence-corrected chi connectivity index (χ0v) is 16.9. The van der Waals surface area contributed by atoms with E-state index >= 15 is 0 Å². The van der Waals surface area contributed by atoms with Crippen LogP contribution in [0.4, 0.5) is 0 Å². The van der Waals surface area contributed by atoms with Crippen molar-refractivity contribution in [2.45, 2.75) is 18.0 Å². The largest absolute Gasteiger partial charge is 0.351 e. The van der Waals surface area contributed by atoms with Crippen molar-refractivity contribution >= 4 is 5.91 Å². The third kappa shape index (κ3) is 3.64. The van der Waals surface area contributed by atoms with Crippen molar-refractivity contribution in [1.29, 1.82) is 0 Å². The normalized spacial score (nSPS) is 22.1. The smallest absolute Gasteiger partial charge is 0.292 e. The first-order chi connectivity index (χ1) is 14.8. The number of rotatable bonds is 4. The zero-order valence-electron chi connectivity index (χ0n) is 16.9. The maximum atomic E-state index is 12.7. The first-order valence-corrected chi connectivity index (χ1v) is 10.6. The van der Waals surface area contributed by atoms with Gasteiger partial charge in [0.2, 0.25) is 5.76 Å². The molecular weight excluding hydrogens is 376 g/mol. The van der Waals surface area contributed by atoms with Gasteiger partial charge in [-0.2, -0.15) is 0 Å². The molecule has 2 aliphatic heterocycles. The summed E-state index contributed by atoms with van der Waals surface area (Å²) in [5.74, 6) is 0.520. The Kier molecular flexibility index (Phi) is 5.34. The average molecular weight is 402 g/mol.